The van der Waals surface area contributed by atoms with E-state index < -0.39 is 0 Å². The van der Waals surface area contributed by atoms with Gasteiger partial charge in [0, 0.05) is 6.54 Å². The van der Waals surface area contributed by atoms with Crippen LogP contribution in [0.1, 0.15) is 33.6 Å². The Bertz CT molecular complexity index is 346. The Morgan fingerprint density at radius 3 is 1.96 bits per heavy atom. The first kappa shape index (κ1) is 22.3. The molecule has 1 amide bonds. The number of nitrogens with one attached hydrogen (secondary N) is 1. The van der Waals surface area contributed by atoms with Crippen LogP contribution in [0.15, 0.2) is 0 Å². The summed E-state index contributed by atoms with van der Waals surface area (Å²) in [6.45, 7) is 11.3. The lowest BCUT2D eigenvalue weighted by atomic mass is 10.2. The van der Waals surface area contributed by atoms with Crippen LogP contribution in [0, 0.1) is 5.41 Å². The molecule has 1 saturated carbocycles. The highest BCUT2D eigenvalue weighted by Gasteiger charge is 2.37. The van der Waals surface area contributed by atoms with E-state index in [-0.39, 0.29) is 18.6 Å². The van der Waals surface area contributed by atoms with Crippen molar-refractivity contribution in [2.75, 3.05) is 66.0 Å². The van der Waals surface area contributed by atoms with E-state index in [1.54, 1.807) is 0 Å². The van der Waals surface area contributed by atoms with Gasteiger partial charge >= 0.3 is 0 Å². The predicted molar refractivity (Wildman–Crippen MR) is 94.7 cm³/mol. The molecule has 7 heteroatoms. The molecule has 1 N–H and O–H groups in total. The Morgan fingerprint density at radius 2 is 1.44 bits per heavy atom. The molecule has 0 aromatic heterocycles. The first-order valence-corrected chi connectivity index (χ1v) is 9.21. The molecule has 25 heavy (non-hydrogen) atoms. The fourth-order valence-corrected chi connectivity index (χ4v) is 1.89. The Balaban J connectivity index is 1.69. The van der Waals surface area contributed by atoms with Crippen molar-refractivity contribution in [2.24, 2.45) is 5.41 Å². The quantitative estimate of drug-likeness (QED) is 0.395. The van der Waals surface area contributed by atoms with E-state index >= 15 is 0 Å². The van der Waals surface area contributed by atoms with Crippen molar-refractivity contribution in [1.29, 1.82) is 0 Å². The van der Waals surface area contributed by atoms with Gasteiger partial charge in [-0.05, 0) is 32.1 Å². The monoisotopic (exact) mass is 361 g/mol. The third kappa shape index (κ3) is 14.2. The molecule has 1 fully saturated rings. The molecule has 0 heterocycles. The van der Waals surface area contributed by atoms with E-state index in [2.05, 4.69) is 12.2 Å². The second kappa shape index (κ2) is 13.5. The lowest BCUT2D eigenvalue weighted by Crippen LogP contribution is -2.31. The molecule has 0 unspecified atom stereocenters. The van der Waals surface area contributed by atoms with Crippen LogP contribution in [0.25, 0.3) is 0 Å². The molecule has 1 aliphatic carbocycles. The van der Waals surface area contributed by atoms with E-state index in [4.69, 9.17) is 23.7 Å². The maximum atomic E-state index is 11.4. The third-order valence-electron chi connectivity index (χ3n) is 3.79. The lowest BCUT2D eigenvalue weighted by molar-refractivity contribution is -0.127. The van der Waals surface area contributed by atoms with Gasteiger partial charge in [0.25, 0.3) is 0 Å². The van der Waals surface area contributed by atoms with Gasteiger partial charge in [-0.2, -0.15) is 0 Å². The summed E-state index contributed by atoms with van der Waals surface area (Å²) in [6, 6.07) is 0. The van der Waals surface area contributed by atoms with Crippen LogP contribution in [0.3, 0.4) is 0 Å². The van der Waals surface area contributed by atoms with Crippen LogP contribution in [0.2, 0.25) is 0 Å². The van der Waals surface area contributed by atoms with E-state index in [9.17, 15) is 4.79 Å². The number of ether oxygens (including phenoxy) is 5. The van der Waals surface area contributed by atoms with Crippen LogP contribution in [0.4, 0.5) is 0 Å². The molecule has 1 rings (SSSR count). The summed E-state index contributed by atoms with van der Waals surface area (Å²) in [4.78, 5) is 11.4. The van der Waals surface area contributed by atoms with E-state index in [0.717, 1.165) is 6.61 Å². The van der Waals surface area contributed by atoms with Gasteiger partial charge in [-0.3, -0.25) is 4.79 Å². The van der Waals surface area contributed by atoms with E-state index in [1.807, 2.05) is 13.8 Å². The van der Waals surface area contributed by atoms with Gasteiger partial charge in [-0.1, -0.05) is 6.92 Å². The first-order valence-electron chi connectivity index (χ1n) is 9.21. The maximum absolute atomic E-state index is 11.4. The molecule has 0 aromatic rings. The summed E-state index contributed by atoms with van der Waals surface area (Å²) in [5.41, 5.74) is 0.438. The van der Waals surface area contributed by atoms with Gasteiger partial charge in [0.05, 0.1) is 59.0 Å². The second-order valence-corrected chi connectivity index (χ2v) is 6.91. The molecule has 0 bridgehead atoms. The van der Waals surface area contributed by atoms with Crippen molar-refractivity contribution in [2.45, 2.75) is 39.7 Å². The van der Waals surface area contributed by atoms with Crippen LogP contribution >= 0.6 is 0 Å². The van der Waals surface area contributed by atoms with E-state index in [1.165, 1.54) is 12.8 Å². The molecule has 1 aliphatic rings. The van der Waals surface area contributed by atoms with Crippen molar-refractivity contribution in [3.63, 3.8) is 0 Å². The van der Waals surface area contributed by atoms with Crippen LogP contribution in [-0.2, 0) is 28.5 Å². The Kier molecular flexibility index (Phi) is 12.0. The minimum absolute atomic E-state index is 0.0573. The molecule has 0 aromatic carbocycles. The highest BCUT2D eigenvalue weighted by atomic mass is 16.6. The van der Waals surface area contributed by atoms with Crippen molar-refractivity contribution in [3.05, 3.63) is 0 Å². The Hall–Kier alpha value is -0.730. The van der Waals surface area contributed by atoms with E-state index in [0.29, 0.717) is 58.2 Å². The fourth-order valence-electron chi connectivity index (χ4n) is 1.89. The van der Waals surface area contributed by atoms with Crippen LogP contribution in [0.5, 0.6) is 0 Å². The zero-order chi connectivity index (χ0) is 18.4. The van der Waals surface area contributed by atoms with Crippen LogP contribution in [-0.4, -0.2) is 78.0 Å². The maximum Gasteiger partial charge on any atom is 0.246 e. The SMILES string of the molecule is CC(C)OCC(=O)NCCOCCOCCOCCOCC1(C)CC1. The van der Waals surface area contributed by atoms with Crippen molar-refractivity contribution in [3.8, 4) is 0 Å². The minimum Gasteiger partial charge on any atom is -0.378 e. The highest BCUT2D eigenvalue weighted by molar-refractivity contribution is 5.77. The summed E-state index contributed by atoms with van der Waals surface area (Å²) >= 11 is 0. The average molecular weight is 361 g/mol. The Labute approximate surface area is 151 Å². The third-order valence-corrected chi connectivity index (χ3v) is 3.79. The van der Waals surface area contributed by atoms with Gasteiger partial charge < -0.3 is 29.0 Å². The molecule has 0 spiro atoms. The summed E-state index contributed by atoms with van der Waals surface area (Å²) in [5.74, 6) is -0.124. The standard InChI is InChI=1S/C18H35NO6/c1-16(2)25-14-17(20)19-6-7-21-8-9-22-10-11-23-12-13-24-15-18(3)4-5-18/h16H,4-15H2,1-3H3,(H,19,20). The molecule has 0 atom stereocenters. The van der Waals surface area contributed by atoms with Crippen molar-refractivity contribution in [1.82, 2.24) is 5.32 Å². The van der Waals surface area contributed by atoms with Gasteiger partial charge in [-0.25, -0.2) is 0 Å². The topological polar surface area (TPSA) is 75.3 Å². The largest absolute Gasteiger partial charge is 0.378 e. The molecule has 148 valence electrons. The smallest absolute Gasteiger partial charge is 0.246 e. The van der Waals surface area contributed by atoms with Gasteiger partial charge in [0.15, 0.2) is 0 Å². The number of carbonyl (C=O) groups excluding carboxylic acids is 1. The van der Waals surface area contributed by atoms with Gasteiger partial charge in [-0.15, -0.1) is 0 Å². The number of hydrogen-bond donors (Lipinski definition) is 1. The van der Waals surface area contributed by atoms with Crippen molar-refractivity contribution < 1.29 is 28.5 Å². The zero-order valence-corrected chi connectivity index (χ0v) is 16.0. The molecule has 0 aliphatic heterocycles. The van der Waals surface area contributed by atoms with Crippen LogP contribution < -0.4 is 5.32 Å². The normalized spacial score (nSPS) is 15.5. The highest BCUT2D eigenvalue weighted by Crippen LogP contribution is 2.44. The number of carbonyl (C=O) groups is 1. The number of rotatable bonds is 17. The van der Waals surface area contributed by atoms with Crippen molar-refractivity contribution >= 4 is 5.91 Å². The van der Waals surface area contributed by atoms with Gasteiger partial charge in [0.1, 0.15) is 6.61 Å². The Morgan fingerprint density at radius 1 is 0.920 bits per heavy atom. The molecular formula is C18H35NO6. The minimum atomic E-state index is -0.124. The second-order valence-electron chi connectivity index (χ2n) is 6.91. The zero-order valence-electron chi connectivity index (χ0n) is 16.0. The summed E-state index contributed by atoms with van der Waals surface area (Å²) in [7, 11) is 0. The number of amides is 1. The molecule has 0 saturated heterocycles. The fraction of sp³-hybridized carbons (Fsp3) is 0.944. The molecule has 7 nitrogen and oxygen atoms in total. The summed E-state index contributed by atoms with van der Waals surface area (Å²) in [5, 5.41) is 2.73. The molecular weight excluding hydrogens is 326 g/mol. The first-order chi connectivity index (χ1) is 12.0. The summed E-state index contributed by atoms with van der Waals surface area (Å²) < 4.78 is 27.0. The van der Waals surface area contributed by atoms with Gasteiger partial charge in [0.2, 0.25) is 5.91 Å². The average Bonchev–Trinajstić information content (AvgIpc) is 3.31. The predicted octanol–water partition coefficient (Wildman–Crippen LogP) is 1.39. The lowest BCUT2D eigenvalue weighted by Gasteiger charge is -2.10. The summed E-state index contributed by atoms with van der Waals surface area (Å²) in [6.07, 6.45) is 2.62. The number of hydrogen-bond acceptors (Lipinski definition) is 6. The molecule has 0 radical (unpaired) electrons.